The van der Waals surface area contributed by atoms with Gasteiger partial charge in [0.25, 0.3) is 0 Å². The standard InChI is InChI=1S/C13H18N2O2/c1-10(13(16)17)11-6-5-7-12(14-11)15-8-3-2-4-9-15/h5-7,10H,2-4,8-9H2,1H3,(H,16,17). The van der Waals surface area contributed by atoms with E-state index >= 15 is 0 Å². The lowest BCUT2D eigenvalue weighted by molar-refractivity contribution is -0.138. The average molecular weight is 234 g/mol. The van der Waals surface area contributed by atoms with E-state index in [1.54, 1.807) is 13.0 Å². The molecule has 1 saturated heterocycles. The molecular weight excluding hydrogens is 216 g/mol. The van der Waals surface area contributed by atoms with Gasteiger partial charge in [-0.15, -0.1) is 0 Å². The summed E-state index contributed by atoms with van der Waals surface area (Å²) in [7, 11) is 0. The summed E-state index contributed by atoms with van der Waals surface area (Å²) in [6, 6.07) is 5.64. The molecule has 17 heavy (non-hydrogen) atoms. The highest BCUT2D eigenvalue weighted by molar-refractivity contribution is 5.75. The molecule has 0 saturated carbocycles. The Balaban J connectivity index is 2.18. The van der Waals surface area contributed by atoms with E-state index in [1.807, 2.05) is 12.1 Å². The fourth-order valence-electron chi connectivity index (χ4n) is 2.11. The van der Waals surface area contributed by atoms with Gasteiger partial charge < -0.3 is 10.0 Å². The molecule has 0 radical (unpaired) electrons. The Morgan fingerprint density at radius 3 is 2.71 bits per heavy atom. The van der Waals surface area contributed by atoms with Gasteiger partial charge in [0.1, 0.15) is 5.82 Å². The van der Waals surface area contributed by atoms with E-state index in [0.29, 0.717) is 5.69 Å². The van der Waals surface area contributed by atoms with Gasteiger partial charge in [-0.3, -0.25) is 4.79 Å². The Labute approximate surface area is 101 Å². The Kier molecular flexibility index (Phi) is 3.61. The van der Waals surface area contributed by atoms with E-state index in [2.05, 4.69) is 9.88 Å². The molecule has 0 amide bonds. The molecule has 0 spiro atoms. The maximum atomic E-state index is 10.9. The molecule has 1 aliphatic rings. The summed E-state index contributed by atoms with van der Waals surface area (Å²) in [6.45, 7) is 3.72. The highest BCUT2D eigenvalue weighted by Gasteiger charge is 2.17. The molecule has 2 heterocycles. The second-order valence-corrected chi connectivity index (χ2v) is 4.53. The first-order valence-electron chi connectivity index (χ1n) is 6.13. The first-order valence-corrected chi connectivity index (χ1v) is 6.13. The molecule has 0 aliphatic carbocycles. The first-order chi connectivity index (χ1) is 8.18. The van der Waals surface area contributed by atoms with Gasteiger partial charge in [0.05, 0.1) is 11.6 Å². The smallest absolute Gasteiger partial charge is 0.312 e. The molecule has 1 N–H and O–H groups in total. The van der Waals surface area contributed by atoms with Gasteiger partial charge >= 0.3 is 5.97 Å². The van der Waals surface area contributed by atoms with Gasteiger partial charge in [-0.05, 0) is 38.3 Å². The monoisotopic (exact) mass is 234 g/mol. The van der Waals surface area contributed by atoms with Crippen molar-refractivity contribution in [2.45, 2.75) is 32.1 Å². The Morgan fingerprint density at radius 2 is 2.06 bits per heavy atom. The van der Waals surface area contributed by atoms with Crippen molar-refractivity contribution in [2.24, 2.45) is 0 Å². The Morgan fingerprint density at radius 1 is 1.35 bits per heavy atom. The number of nitrogens with zero attached hydrogens (tertiary/aromatic N) is 2. The first kappa shape index (κ1) is 11.9. The van der Waals surface area contributed by atoms with Crippen LogP contribution in [0.25, 0.3) is 0 Å². The van der Waals surface area contributed by atoms with Crippen molar-refractivity contribution >= 4 is 11.8 Å². The van der Waals surface area contributed by atoms with Crippen molar-refractivity contribution in [3.8, 4) is 0 Å². The molecular formula is C13H18N2O2. The van der Waals surface area contributed by atoms with Gasteiger partial charge in [0.15, 0.2) is 0 Å². The fourth-order valence-corrected chi connectivity index (χ4v) is 2.11. The topological polar surface area (TPSA) is 53.4 Å². The molecule has 4 heteroatoms. The van der Waals surface area contributed by atoms with Crippen LogP contribution < -0.4 is 4.90 Å². The normalized spacial score (nSPS) is 17.8. The number of aromatic nitrogens is 1. The number of hydrogen-bond donors (Lipinski definition) is 1. The molecule has 1 aromatic heterocycles. The van der Waals surface area contributed by atoms with Crippen molar-refractivity contribution in [2.75, 3.05) is 18.0 Å². The second-order valence-electron chi connectivity index (χ2n) is 4.53. The summed E-state index contributed by atoms with van der Waals surface area (Å²) < 4.78 is 0. The van der Waals surface area contributed by atoms with Crippen LogP contribution in [0.2, 0.25) is 0 Å². The molecule has 1 aromatic rings. The van der Waals surface area contributed by atoms with Gasteiger partial charge in [-0.2, -0.15) is 0 Å². The summed E-state index contributed by atoms with van der Waals surface area (Å²) in [6.07, 6.45) is 3.67. The van der Waals surface area contributed by atoms with E-state index in [1.165, 1.54) is 19.3 Å². The van der Waals surface area contributed by atoms with Crippen LogP contribution in [-0.2, 0) is 4.79 Å². The Hall–Kier alpha value is -1.58. The van der Waals surface area contributed by atoms with Crippen LogP contribution >= 0.6 is 0 Å². The SMILES string of the molecule is CC(C(=O)O)c1cccc(N2CCCCC2)n1. The number of piperidine rings is 1. The summed E-state index contributed by atoms with van der Waals surface area (Å²) >= 11 is 0. The summed E-state index contributed by atoms with van der Waals surface area (Å²) in [4.78, 5) is 17.6. The van der Waals surface area contributed by atoms with Crippen LogP contribution in [0.15, 0.2) is 18.2 Å². The van der Waals surface area contributed by atoms with Crippen LogP contribution in [0.4, 0.5) is 5.82 Å². The molecule has 92 valence electrons. The summed E-state index contributed by atoms with van der Waals surface area (Å²) in [5.74, 6) is -0.455. The lowest BCUT2D eigenvalue weighted by Crippen LogP contribution is -2.30. The number of carboxylic acid groups (broad SMARTS) is 1. The number of carbonyl (C=O) groups is 1. The van der Waals surface area contributed by atoms with E-state index in [-0.39, 0.29) is 0 Å². The molecule has 1 unspecified atom stereocenters. The lowest BCUT2D eigenvalue weighted by Gasteiger charge is -2.28. The highest BCUT2D eigenvalue weighted by atomic mass is 16.4. The maximum Gasteiger partial charge on any atom is 0.312 e. The number of hydrogen-bond acceptors (Lipinski definition) is 3. The zero-order valence-corrected chi connectivity index (χ0v) is 10.1. The van der Waals surface area contributed by atoms with Gasteiger partial charge in [0.2, 0.25) is 0 Å². The molecule has 1 fully saturated rings. The van der Waals surface area contributed by atoms with E-state index in [9.17, 15) is 4.79 Å². The third-order valence-electron chi connectivity index (χ3n) is 3.25. The molecule has 1 atom stereocenters. The van der Waals surface area contributed by atoms with Gasteiger partial charge in [0, 0.05) is 13.1 Å². The fraction of sp³-hybridized carbons (Fsp3) is 0.538. The lowest BCUT2D eigenvalue weighted by atomic mass is 10.1. The third kappa shape index (κ3) is 2.75. The Bertz CT molecular complexity index is 400. The van der Waals surface area contributed by atoms with Crippen molar-refractivity contribution in [3.05, 3.63) is 23.9 Å². The van der Waals surface area contributed by atoms with E-state index in [0.717, 1.165) is 18.9 Å². The number of rotatable bonds is 3. The molecule has 0 bridgehead atoms. The van der Waals surface area contributed by atoms with E-state index in [4.69, 9.17) is 5.11 Å². The minimum atomic E-state index is -0.826. The minimum absolute atomic E-state index is 0.542. The quantitative estimate of drug-likeness (QED) is 0.871. The predicted molar refractivity (Wildman–Crippen MR) is 66.4 cm³/mol. The van der Waals surface area contributed by atoms with Crippen molar-refractivity contribution in [1.29, 1.82) is 0 Å². The highest BCUT2D eigenvalue weighted by Crippen LogP contribution is 2.20. The number of carboxylic acids is 1. The molecule has 2 rings (SSSR count). The van der Waals surface area contributed by atoms with Crippen LogP contribution in [0.3, 0.4) is 0 Å². The molecule has 1 aliphatic heterocycles. The molecule has 0 aromatic carbocycles. The molecule has 4 nitrogen and oxygen atoms in total. The van der Waals surface area contributed by atoms with Gasteiger partial charge in [-0.25, -0.2) is 4.98 Å². The van der Waals surface area contributed by atoms with Crippen LogP contribution in [0, 0.1) is 0 Å². The van der Waals surface area contributed by atoms with Gasteiger partial charge in [-0.1, -0.05) is 6.07 Å². The average Bonchev–Trinajstić information content (AvgIpc) is 2.39. The number of anilines is 1. The number of pyridine rings is 1. The minimum Gasteiger partial charge on any atom is -0.481 e. The second kappa shape index (κ2) is 5.17. The number of aliphatic carboxylic acids is 1. The van der Waals surface area contributed by atoms with Crippen molar-refractivity contribution < 1.29 is 9.90 Å². The largest absolute Gasteiger partial charge is 0.481 e. The van der Waals surface area contributed by atoms with Crippen LogP contribution in [-0.4, -0.2) is 29.1 Å². The summed E-state index contributed by atoms with van der Waals surface area (Å²) in [5, 5.41) is 8.98. The predicted octanol–water partition coefficient (Wildman–Crippen LogP) is 2.26. The van der Waals surface area contributed by atoms with Crippen molar-refractivity contribution in [1.82, 2.24) is 4.98 Å². The third-order valence-corrected chi connectivity index (χ3v) is 3.25. The van der Waals surface area contributed by atoms with Crippen molar-refractivity contribution in [3.63, 3.8) is 0 Å². The zero-order chi connectivity index (χ0) is 12.3. The zero-order valence-electron chi connectivity index (χ0n) is 10.1. The van der Waals surface area contributed by atoms with Crippen LogP contribution in [0.5, 0.6) is 0 Å². The van der Waals surface area contributed by atoms with E-state index < -0.39 is 11.9 Å². The summed E-state index contributed by atoms with van der Waals surface area (Å²) in [5.41, 5.74) is 0.639. The van der Waals surface area contributed by atoms with Crippen LogP contribution in [0.1, 0.15) is 37.8 Å². The maximum absolute atomic E-state index is 10.9.